The van der Waals surface area contributed by atoms with Gasteiger partial charge in [-0.1, -0.05) is 11.6 Å². The van der Waals surface area contributed by atoms with Crippen LogP contribution in [0.4, 0.5) is 0 Å². The fourth-order valence-electron chi connectivity index (χ4n) is 1.44. The van der Waals surface area contributed by atoms with Crippen LogP contribution >= 0.6 is 23.4 Å². The van der Waals surface area contributed by atoms with Crippen LogP contribution in [0.15, 0.2) is 29.2 Å². The number of thioether (sulfide) groups is 1. The zero-order valence-electron chi connectivity index (χ0n) is 10.1. The highest BCUT2D eigenvalue weighted by Gasteiger charge is 2.22. The molecule has 0 saturated heterocycles. The normalized spacial score (nSPS) is 15.3. The molecule has 0 spiro atoms. The molecule has 2 N–H and O–H groups in total. The van der Waals surface area contributed by atoms with E-state index in [4.69, 9.17) is 16.7 Å². The number of rotatable bonds is 6. The average Bonchev–Trinajstić information content (AvgIpc) is 2.30. The minimum Gasteiger partial charge on any atom is -0.395 e. The van der Waals surface area contributed by atoms with E-state index < -0.39 is 10.0 Å². The Morgan fingerprint density at radius 3 is 2.39 bits per heavy atom. The Labute approximate surface area is 117 Å². The number of nitrogens with one attached hydrogen (secondary N) is 1. The summed E-state index contributed by atoms with van der Waals surface area (Å²) in [5.74, 6) is 0. The van der Waals surface area contributed by atoms with Crippen LogP contribution in [0.2, 0.25) is 5.02 Å². The number of benzene rings is 1. The molecule has 1 aromatic carbocycles. The lowest BCUT2D eigenvalue weighted by molar-refractivity contribution is 0.282. The largest absolute Gasteiger partial charge is 0.395 e. The van der Waals surface area contributed by atoms with Crippen LogP contribution in [0, 0.1) is 0 Å². The van der Waals surface area contributed by atoms with Crippen LogP contribution in [0.5, 0.6) is 0 Å². The molecule has 0 radical (unpaired) electrons. The van der Waals surface area contributed by atoms with E-state index >= 15 is 0 Å². The second kappa shape index (κ2) is 6.77. The summed E-state index contributed by atoms with van der Waals surface area (Å²) in [5, 5.41) is 9.44. The first-order chi connectivity index (χ1) is 8.40. The molecule has 1 rings (SSSR count). The third-order valence-corrected chi connectivity index (χ3v) is 5.50. The van der Waals surface area contributed by atoms with Crippen molar-refractivity contribution in [3.05, 3.63) is 29.3 Å². The summed E-state index contributed by atoms with van der Waals surface area (Å²) >= 11 is 7.13. The lowest BCUT2D eigenvalue weighted by Gasteiger charge is -2.21. The van der Waals surface area contributed by atoms with Gasteiger partial charge in [0.1, 0.15) is 0 Å². The molecule has 0 amide bonds. The van der Waals surface area contributed by atoms with Crippen LogP contribution in [-0.2, 0) is 10.0 Å². The maximum absolute atomic E-state index is 12.0. The van der Waals surface area contributed by atoms with E-state index in [-0.39, 0.29) is 22.8 Å². The van der Waals surface area contributed by atoms with E-state index in [1.807, 2.05) is 6.26 Å². The quantitative estimate of drug-likeness (QED) is 0.840. The molecule has 4 nitrogen and oxygen atoms in total. The van der Waals surface area contributed by atoms with Gasteiger partial charge in [-0.25, -0.2) is 13.1 Å². The molecule has 0 unspecified atom stereocenters. The number of hydrogen-bond donors (Lipinski definition) is 2. The molecule has 1 aromatic rings. The summed E-state index contributed by atoms with van der Waals surface area (Å²) in [7, 11) is -3.57. The summed E-state index contributed by atoms with van der Waals surface area (Å²) in [6.07, 6.45) is 1.83. The van der Waals surface area contributed by atoms with Crippen molar-refractivity contribution < 1.29 is 13.5 Å². The molecular weight excluding hydrogens is 294 g/mol. The van der Waals surface area contributed by atoms with E-state index in [1.165, 1.54) is 36.0 Å². The number of halogens is 1. The van der Waals surface area contributed by atoms with E-state index in [2.05, 4.69) is 4.72 Å². The van der Waals surface area contributed by atoms with Gasteiger partial charge in [0.05, 0.1) is 11.5 Å². The molecule has 0 aromatic heterocycles. The van der Waals surface area contributed by atoms with Gasteiger partial charge in [-0.05, 0) is 37.4 Å². The summed E-state index contributed by atoms with van der Waals surface area (Å²) in [6, 6.07) is 5.60. The first kappa shape index (κ1) is 15.8. The lowest BCUT2D eigenvalue weighted by atomic mass is 10.3. The SMILES string of the molecule is CS[C@@H](CO)[C@H](C)NS(=O)(=O)c1ccc(Cl)cc1. The van der Waals surface area contributed by atoms with Crippen LogP contribution in [0.1, 0.15) is 6.92 Å². The minimum atomic E-state index is -3.57. The molecule has 0 saturated carbocycles. The summed E-state index contributed by atoms with van der Waals surface area (Å²) in [5.41, 5.74) is 0. The van der Waals surface area contributed by atoms with Crippen LogP contribution in [0.3, 0.4) is 0 Å². The van der Waals surface area contributed by atoms with E-state index in [0.29, 0.717) is 5.02 Å². The van der Waals surface area contributed by atoms with Gasteiger partial charge in [-0.15, -0.1) is 0 Å². The van der Waals surface area contributed by atoms with Crippen LogP contribution in [-0.4, -0.2) is 37.7 Å². The first-order valence-corrected chi connectivity index (χ1v) is 8.47. The van der Waals surface area contributed by atoms with Crippen molar-refractivity contribution in [2.75, 3.05) is 12.9 Å². The highest BCUT2D eigenvalue weighted by Crippen LogP contribution is 2.16. The van der Waals surface area contributed by atoms with Crippen molar-refractivity contribution in [3.63, 3.8) is 0 Å². The monoisotopic (exact) mass is 309 g/mol. The number of sulfonamides is 1. The van der Waals surface area contributed by atoms with E-state index in [1.54, 1.807) is 6.92 Å². The lowest BCUT2D eigenvalue weighted by Crippen LogP contribution is -2.41. The van der Waals surface area contributed by atoms with Gasteiger partial charge in [0, 0.05) is 16.3 Å². The van der Waals surface area contributed by atoms with Crippen molar-refractivity contribution in [1.82, 2.24) is 4.72 Å². The maximum Gasteiger partial charge on any atom is 0.240 e. The average molecular weight is 310 g/mol. The van der Waals surface area contributed by atoms with Crippen molar-refractivity contribution in [2.24, 2.45) is 0 Å². The smallest absolute Gasteiger partial charge is 0.240 e. The molecular formula is C11H16ClNO3S2. The highest BCUT2D eigenvalue weighted by atomic mass is 35.5. The molecule has 0 bridgehead atoms. The first-order valence-electron chi connectivity index (χ1n) is 5.32. The summed E-state index contributed by atoms with van der Waals surface area (Å²) in [6.45, 7) is 1.65. The van der Waals surface area contributed by atoms with Crippen molar-refractivity contribution in [3.8, 4) is 0 Å². The molecule has 0 fully saturated rings. The summed E-state index contributed by atoms with van der Waals surface area (Å²) in [4.78, 5) is 0.163. The van der Waals surface area contributed by atoms with Gasteiger partial charge in [0.2, 0.25) is 10.0 Å². The predicted octanol–water partition coefficient (Wildman–Crippen LogP) is 1.73. The van der Waals surface area contributed by atoms with Crippen LogP contribution < -0.4 is 4.72 Å². The van der Waals surface area contributed by atoms with Gasteiger partial charge < -0.3 is 5.11 Å². The second-order valence-electron chi connectivity index (χ2n) is 3.82. The van der Waals surface area contributed by atoms with Gasteiger partial charge >= 0.3 is 0 Å². The molecule has 0 aliphatic carbocycles. The fraction of sp³-hybridized carbons (Fsp3) is 0.455. The van der Waals surface area contributed by atoms with E-state index in [0.717, 1.165) is 0 Å². The minimum absolute atomic E-state index is 0.0779. The maximum atomic E-state index is 12.0. The van der Waals surface area contributed by atoms with Crippen molar-refractivity contribution in [2.45, 2.75) is 23.1 Å². The second-order valence-corrected chi connectivity index (χ2v) is 7.05. The Hall–Kier alpha value is -0.270. The van der Waals surface area contributed by atoms with Gasteiger partial charge in [0.15, 0.2) is 0 Å². The Kier molecular flexibility index (Phi) is 5.94. The number of aliphatic hydroxyl groups excluding tert-OH is 1. The van der Waals surface area contributed by atoms with Gasteiger partial charge in [0.25, 0.3) is 0 Å². The Balaban J connectivity index is 2.85. The van der Waals surface area contributed by atoms with Gasteiger partial charge in [-0.2, -0.15) is 11.8 Å². The molecule has 0 aliphatic rings. The highest BCUT2D eigenvalue weighted by molar-refractivity contribution is 7.99. The molecule has 2 atom stereocenters. The fourth-order valence-corrected chi connectivity index (χ4v) is 3.56. The van der Waals surface area contributed by atoms with E-state index in [9.17, 15) is 8.42 Å². The van der Waals surface area contributed by atoms with Gasteiger partial charge in [-0.3, -0.25) is 0 Å². The Bertz CT molecular complexity index is 472. The Morgan fingerprint density at radius 1 is 1.39 bits per heavy atom. The zero-order chi connectivity index (χ0) is 13.8. The third kappa shape index (κ3) is 4.13. The molecule has 102 valence electrons. The zero-order valence-corrected chi connectivity index (χ0v) is 12.5. The number of aliphatic hydroxyl groups is 1. The standard InChI is InChI=1S/C11H16ClNO3S2/c1-8(11(7-14)17-2)13-18(15,16)10-5-3-9(12)4-6-10/h3-6,8,11,13-14H,7H2,1-2H3/t8-,11-/m0/s1. The topological polar surface area (TPSA) is 66.4 Å². The predicted molar refractivity (Wildman–Crippen MR) is 75.6 cm³/mol. The molecule has 7 heteroatoms. The summed E-state index contributed by atoms with van der Waals surface area (Å²) < 4.78 is 26.6. The van der Waals surface area contributed by atoms with Crippen molar-refractivity contribution >= 4 is 33.4 Å². The third-order valence-electron chi connectivity index (χ3n) is 2.51. The molecule has 0 heterocycles. The van der Waals surface area contributed by atoms with Crippen LogP contribution in [0.25, 0.3) is 0 Å². The molecule has 18 heavy (non-hydrogen) atoms. The number of hydrogen-bond acceptors (Lipinski definition) is 4. The van der Waals surface area contributed by atoms with Crippen molar-refractivity contribution in [1.29, 1.82) is 0 Å². The molecule has 0 aliphatic heterocycles. The Morgan fingerprint density at radius 2 is 1.94 bits per heavy atom.